The van der Waals surface area contributed by atoms with Crippen LogP contribution in [0.2, 0.25) is 0 Å². The number of benzene rings is 3. The van der Waals surface area contributed by atoms with E-state index < -0.39 is 4.92 Å². The number of amides is 2. The maximum atomic E-state index is 13.9. The van der Waals surface area contributed by atoms with E-state index >= 15 is 0 Å². The number of rotatable bonds is 6. The van der Waals surface area contributed by atoms with Crippen LogP contribution in [0.15, 0.2) is 89.7 Å². The number of nitrogens with zero attached hydrogens (tertiary/aromatic N) is 5. The number of anilines is 3. The zero-order valence-electron chi connectivity index (χ0n) is 28.7. The van der Waals surface area contributed by atoms with Gasteiger partial charge in [-0.05, 0) is 71.8 Å². The minimum atomic E-state index is -0.413. The van der Waals surface area contributed by atoms with E-state index in [1.165, 1.54) is 12.1 Å². The van der Waals surface area contributed by atoms with Crippen LogP contribution in [0.5, 0.6) is 0 Å². The summed E-state index contributed by atoms with van der Waals surface area (Å²) in [5.41, 5.74) is 5.55. The van der Waals surface area contributed by atoms with Gasteiger partial charge in [0.2, 0.25) is 0 Å². The Labute approximate surface area is 291 Å². The van der Waals surface area contributed by atoms with Crippen molar-refractivity contribution in [3.05, 3.63) is 128 Å². The quantitative estimate of drug-likeness (QED) is 0.200. The molecule has 0 saturated carbocycles. The van der Waals surface area contributed by atoms with E-state index in [2.05, 4.69) is 35.9 Å². The van der Waals surface area contributed by atoms with Crippen molar-refractivity contribution in [3.8, 4) is 0 Å². The summed E-state index contributed by atoms with van der Waals surface area (Å²) in [5, 5.41) is 14.2. The lowest BCUT2D eigenvalue weighted by Gasteiger charge is -2.44. The summed E-state index contributed by atoms with van der Waals surface area (Å²) in [6.45, 7) is 10.7. The molecule has 258 valence electrons. The number of aromatic nitrogens is 1. The second-order valence-electron chi connectivity index (χ2n) is 14.7. The molecule has 7 rings (SSSR count). The van der Waals surface area contributed by atoms with E-state index in [9.17, 15) is 24.5 Å². The van der Waals surface area contributed by atoms with Gasteiger partial charge in [-0.3, -0.25) is 24.5 Å². The van der Waals surface area contributed by atoms with Crippen LogP contribution in [0.25, 0.3) is 0 Å². The maximum absolute atomic E-state index is 13.9. The largest absolute Gasteiger partial charge is 0.369 e. The van der Waals surface area contributed by atoms with Crippen LogP contribution in [0.3, 0.4) is 0 Å². The fourth-order valence-corrected chi connectivity index (χ4v) is 7.59. The van der Waals surface area contributed by atoms with Crippen molar-refractivity contribution in [2.24, 2.45) is 5.92 Å². The maximum Gasteiger partial charge on any atom is 0.269 e. The zero-order valence-corrected chi connectivity index (χ0v) is 28.7. The molecule has 2 amide bonds. The lowest BCUT2D eigenvalue weighted by atomic mass is 9.83. The normalized spacial score (nSPS) is 18.7. The van der Waals surface area contributed by atoms with Crippen LogP contribution >= 0.6 is 0 Å². The summed E-state index contributed by atoms with van der Waals surface area (Å²) in [6.07, 6.45) is 1.00. The van der Waals surface area contributed by atoms with Crippen LogP contribution in [0.1, 0.15) is 65.1 Å². The third-order valence-electron chi connectivity index (χ3n) is 10.3. The molecule has 3 aromatic carbocycles. The highest BCUT2D eigenvalue weighted by molar-refractivity contribution is 6.07. The van der Waals surface area contributed by atoms with Crippen LogP contribution in [0.4, 0.5) is 22.7 Å². The number of fused-ring (bicyclic) bond motifs is 4. The van der Waals surface area contributed by atoms with E-state index in [-0.39, 0.29) is 40.3 Å². The number of nitro benzene ring substituents is 1. The highest BCUT2D eigenvalue weighted by Gasteiger charge is 2.36. The van der Waals surface area contributed by atoms with Crippen LogP contribution < -0.4 is 20.7 Å². The third-order valence-corrected chi connectivity index (χ3v) is 10.3. The Balaban J connectivity index is 1.13. The molecule has 50 heavy (non-hydrogen) atoms. The van der Waals surface area contributed by atoms with E-state index in [0.29, 0.717) is 56.1 Å². The first-order valence-electron chi connectivity index (χ1n) is 17.2. The number of non-ortho nitro benzene ring substituents is 1. The average molecular weight is 675 g/mol. The van der Waals surface area contributed by atoms with Gasteiger partial charge in [0.15, 0.2) is 0 Å². The molecule has 0 spiro atoms. The Morgan fingerprint density at radius 2 is 1.52 bits per heavy atom. The topological polar surface area (TPSA) is 121 Å². The van der Waals surface area contributed by atoms with Gasteiger partial charge in [-0.15, -0.1) is 0 Å². The van der Waals surface area contributed by atoms with Gasteiger partial charge in [0.1, 0.15) is 0 Å². The summed E-state index contributed by atoms with van der Waals surface area (Å²) in [4.78, 5) is 57.1. The highest BCUT2D eigenvalue weighted by atomic mass is 16.6. The number of piperidine rings is 1. The Hall–Kier alpha value is -5.45. The molecule has 2 atom stereocenters. The summed E-state index contributed by atoms with van der Waals surface area (Å²) in [7, 11) is 0. The number of carbonyl (C=O) groups excluding carboxylic acids is 2. The summed E-state index contributed by atoms with van der Waals surface area (Å²) >= 11 is 0. The Morgan fingerprint density at radius 3 is 2.20 bits per heavy atom. The molecule has 1 N–H and O–H groups in total. The van der Waals surface area contributed by atoms with Gasteiger partial charge in [0.25, 0.3) is 23.1 Å². The number of nitro groups is 1. The summed E-state index contributed by atoms with van der Waals surface area (Å²) in [6, 6.07) is 25.2. The summed E-state index contributed by atoms with van der Waals surface area (Å²) in [5.74, 6) is 0.0947. The molecule has 11 nitrogen and oxygen atoms in total. The molecule has 11 heteroatoms. The second-order valence-corrected chi connectivity index (χ2v) is 14.7. The van der Waals surface area contributed by atoms with Crippen LogP contribution in [-0.4, -0.2) is 65.5 Å². The predicted molar refractivity (Wildman–Crippen MR) is 195 cm³/mol. The van der Waals surface area contributed by atoms with Gasteiger partial charge in [-0.25, -0.2) is 0 Å². The van der Waals surface area contributed by atoms with E-state index in [0.717, 1.165) is 35.6 Å². The molecule has 1 aromatic heterocycles. The molecule has 3 aliphatic rings. The molecule has 0 aliphatic carbocycles. The molecule has 4 aromatic rings. The first-order chi connectivity index (χ1) is 23.9. The Bertz CT molecular complexity index is 1990. The monoisotopic (exact) mass is 674 g/mol. The van der Waals surface area contributed by atoms with Gasteiger partial charge in [0.05, 0.1) is 16.3 Å². The molecule has 2 fully saturated rings. The number of nitrogens with one attached hydrogen (secondary N) is 1. The average Bonchev–Trinajstić information content (AvgIpc) is 3.11. The van der Waals surface area contributed by atoms with Gasteiger partial charge in [-0.1, -0.05) is 39.0 Å². The van der Waals surface area contributed by atoms with Crippen LogP contribution in [-0.2, 0) is 12.0 Å². The first kappa shape index (κ1) is 33.1. The van der Waals surface area contributed by atoms with Crippen molar-refractivity contribution in [1.82, 2.24) is 9.47 Å². The Morgan fingerprint density at radius 1 is 0.820 bits per heavy atom. The molecular formula is C39H42N6O5. The fourth-order valence-electron chi connectivity index (χ4n) is 7.59. The molecule has 0 radical (unpaired) electrons. The molecule has 2 bridgehead atoms. The number of carbonyl (C=O) groups is 2. The second kappa shape index (κ2) is 13.1. The minimum Gasteiger partial charge on any atom is -0.369 e. The van der Waals surface area contributed by atoms with Crippen molar-refractivity contribution in [2.45, 2.75) is 45.1 Å². The van der Waals surface area contributed by atoms with Gasteiger partial charge in [-0.2, -0.15) is 0 Å². The molecular weight excluding hydrogens is 632 g/mol. The highest BCUT2D eigenvalue weighted by Crippen LogP contribution is 2.39. The van der Waals surface area contributed by atoms with Crippen molar-refractivity contribution in [1.29, 1.82) is 0 Å². The number of piperazine rings is 1. The van der Waals surface area contributed by atoms with Crippen molar-refractivity contribution in [3.63, 3.8) is 0 Å². The summed E-state index contributed by atoms with van der Waals surface area (Å²) < 4.78 is 1.91. The van der Waals surface area contributed by atoms with Gasteiger partial charge < -0.3 is 24.6 Å². The first-order valence-corrected chi connectivity index (χ1v) is 17.2. The number of hydrogen-bond acceptors (Lipinski definition) is 7. The van der Waals surface area contributed by atoms with E-state index in [4.69, 9.17) is 0 Å². The predicted octanol–water partition coefficient (Wildman–Crippen LogP) is 5.89. The Kier molecular flexibility index (Phi) is 8.67. The smallest absolute Gasteiger partial charge is 0.269 e. The SMILES string of the molecule is CC(C)(C)c1ccc(C(=O)Nc2cc(C(=O)N3CCN(c4ccc([N+](=O)[O-])cc4)CC3)ccc2N2CC3CC(C2)c2cccc(=O)n2C3)cc1. The zero-order chi connectivity index (χ0) is 35.2. The van der Waals surface area contributed by atoms with E-state index in [1.54, 1.807) is 24.3 Å². The molecule has 2 saturated heterocycles. The molecule has 4 heterocycles. The lowest BCUT2D eigenvalue weighted by Crippen LogP contribution is -2.49. The van der Waals surface area contributed by atoms with Gasteiger partial charge in [0, 0.05) is 92.4 Å². The number of pyridine rings is 1. The van der Waals surface area contributed by atoms with Gasteiger partial charge >= 0.3 is 0 Å². The lowest BCUT2D eigenvalue weighted by molar-refractivity contribution is -0.384. The molecule has 2 unspecified atom stereocenters. The minimum absolute atomic E-state index is 0.0347. The van der Waals surface area contributed by atoms with E-state index in [1.807, 2.05) is 58.0 Å². The van der Waals surface area contributed by atoms with Crippen molar-refractivity contribution in [2.75, 3.05) is 54.4 Å². The number of hydrogen-bond donors (Lipinski definition) is 1. The standard InChI is InChI=1S/C39H42N6O5/c1-39(2,3)30-10-7-27(8-11-30)37(47)40-33-22-28(38(48)42-19-17-41(18-20-42)31-12-14-32(15-13-31)45(49)50)9-16-35(33)43-23-26-21-29(25-43)34-5-4-6-36(46)44(34)24-26/h4-16,22,26,29H,17-21,23-25H2,1-3H3,(H,40,47). The van der Waals surface area contributed by atoms with Crippen molar-refractivity contribution >= 4 is 34.6 Å². The molecule has 3 aliphatic heterocycles. The fraction of sp³-hybridized carbons (Fsp3) is 0.359. The van der Waals surface area contributed by atoms with Crippen LogP contribution in [0, 0.1) is 16.0 Å². The third kappa shape index (κ3) is 6.59. The van der Waals surface area contributed by atoms with Crippen molar-refractivity contribution < 1.29 is 14.5 Å².